The van der Waals surface area contributed by atoms with Crippen LogP contribution in [0.3, 0.4) is 0 Å². The molecule has 0 saturated heterocycles. The van der Waals surface area contributed by atoms with Crippen LogP contribution in [0.1, 0.15) is 16.7 Å². The van der Waals surface area contributed by atoms with Crippen molar-refractivity contribution in [1.29, 1.82) is 0 Å². The van der Waals surface area contributed by atoms with Gasteiger partial charge in [-0.2, -0.15) is 0 Å². The van der Waals surface area contributed by atoms with Crippen molar-refractivity contribution in [2.75, 3.05) is 31.1 Å². The molecule has 0 radical (unpaired) electrons. The lowest BCUT2D eigenvalue weighted by molar-refractivity contribution is -0.119. The first-order chi connectivity index (χ1) is 16.2. The Morgan fingerprint density at radius 3 is 2.26 bits per heavy atom. The molecule has 0 heterocycles. The predicted molar refractivity (Wildman–Crippen MR) is 133 cm³/mol. The molecular formula is C26H30N2O5S. The number of ether oxygens (including phenoxy) is 2. The number of benzene rings is 3. The molecule has 7 nitrogen and oxygen atoms in total. The largest absolute Gasteiger partial charge is 0.495 e. The van der Waals surface area contributed by atoms with Crippen LogP contribution in [0.2, 0.25) is 0 Å². The smallest absolute Gasteiger partial charge is 0.264 e. The van der Waals surface area contributed by atoms with Crippen molar-refractivity contribution in [3.63, 3.8) is 0 Å². The van der Waals surface area contributed by atoms with E-state index in [4.69, 9.17) is 9.47 Å². The van der Waals surface area contributed by atoms with Crippen LogP contribution in [0, 0.1) is 20.8 Å². The fraction of sp³-hybridized carbons (Fsp3) is 0.269. The van der Waals surface area contributed by atoms with Gasteiger partial charge in [0.1, 0.15) is 24.7 Å². The highest BCUT2D eigenvalue weighted by atomic mass is 32.2. The summed E-state index contributed by atoms with van der Waals surface area (Å²) in [7, 11) is -2.57. The minimum absolute atomic E-state index is 0.0947. The second kappa shape index (κ2) is 11.1. The summed E-state index contributed by atoms with van der Waals surface area (Å²) in [6.07, 6.45) is 0. The van der Waals surface area contributed by atoms with E-state index in [0.29, 0.717) is 17.2 Å². The van der Waals surface area contributed by atoms with E-state index >= 15 is 0 Å². The average molecular weight is 483 g/mol. The van der Waals surface area contributed by atoms with E-state index in [2.05, 4.69) is 5.32 Å². The molecule has 0 bridgehead atoms. The SMILES string of the molecule is COc1ccc(C)cc1N(CC(=O)NCCOc1cccc(C)c1)S(=O)(=O)c1ccc(C)cc1. The molecule has 1 amide bonds. The number of aryl methyl sites for hydroxylation is 3. The Bertz CT molecular complexity index is 1240. The Morgan fingerprint density at radius 2 is 1.59 bits per heavy atom. The summed E-state index contributed by atoms with van der Waals surface area (Å²) < 4.78 is 39.3. The molecule has 0 atom stereocenters. The Kier molecular flexibility index (Phi) is 8.17. The summed E-state index contributed by atoms with van der Waals surface area (Å²) in [4.78, 5) is 12.9. The molecule has 0 aliphatic heterocycles. The molecule has 0 unspecified atom stereocenters. The molecule has 0 spiro atoms. The fourth-order valence-electron chi connectivity index (χ4n) is 3.38. The zero-order valence-corrected chi connectivity index (χ0v) is 20.7. The lowest BCUT2D eigenvalue weighted by atomic mass is 10.2. The second-order valence-electron chi connectivity index (χ2n) is 8.01. The van der Waals surface area contributed by atoms with Crippen LogP contribution < -0.4 is 19.1 Å². The molecule has 1 N–H and O–H groups in total. The van der Waals surface area contributed by atoms with Crippen molar-refractivity contribution in [2.45, 2.75) is 25.7 Å². The average Bonchev–Trinajstić information content (AvgIpc) is 2.80. The number of sulfonamides is 1. The van der Waals surface area contributed by atoms with Crippen molar-refractivity contribution < 1.29 is 22.7 Å². The third-order valence-corrected chi connectivity index (χ3v) is 6.96. The highest BCUT2D eigenvalue weighted by Crippen LogP contribution is 2.33. The molecule has 0 fully saturated rings. The van der Waals surface area contributed by atoms with Crippen LogP contribution in [0.15, 0.2) is 71.6 Å². The number of nitrogens with one attached hydrogen (secondary N) is 1. The zero-order chi connectivity index (χ0) is 24.7. The van der Waals surface area contributed by atoms with Gasteiger partial charge < -0.3 is 14.8 Å². The number of hydrogen-bond acceptors (Lipinski definition) is 5. The van der Waals surface area contributed by atoms with E-state index in [9.17, 15) is 13.2 Å². The third kappa shape index (κ3) is 6.29. The monoisotopic (exact) mass is 482 g/mol. The van der Waals surface area contributed by atoms with E-state index in [1.165, 1.54) is 19.2 Å². The van der Waals surface area contributed by atoms with Crippen LogP contribution in [-0.2, 0) is 14.8 Å². The van der Waals surface area contributed by atoms with E-state index in [0.717, 1.165) is 21.0 Å². The van der Waals surface area contributed by atoms with Gasteiger partial charge in [-0.05, 0) is 68.3 Å². The second-order valence-corrected chi connectivity index (χ2v) is 9.88. The number of anilines is 1. The van der Waals surface area contributed by atoms with Crippen molar-refractivity contribution >= 4 is 21.6 Å². The summed E-state index contributed by atoms with van der Waals surface area (Å²) in [6, 6.07) is 19.3. The molecular weight excluding hydrogens is 452 g/mol. The van der Waals surface area contributed by atoms with Crippen LogP contribution >= 0.6 is 0 Å². The van der Waals surface area contributed by atoms with Crippen LogP contribution in [0.25, 0.3) is 0 Å². The van der Waals surface area contributed by atoms with E-state index < -0.39 is 22.5 Å². The maximum Gasteiger partial charge on any atom is 0.264 e. The van der Waals surface area contributed by atoms with E-state index in [1.54, 1.807) is 24.3 Å². The number of rotatable bonds is 10. The topological polar surface area (TPSA) is 84.9 Å². The molecule has 0 aromatic heterocycles. The van der Waals surface area contributed by atoms with Crippen LogP contribution in [-0.4, -0.2) is 41.1 Å². The van der Waals surface area contributed by atoms with E-state index in [1.807, 2.05) is 51.1 Å². The Labute approximate surface area is 201 Å². The summed E-state index contributed by atoms with van der Waals surface area (Å²) in [5, 5.41) is 2.74. The number of hydrogen-bond donors (Lipinski definition) is 1. The van der Waals surface area contributed by atoms with Crippen molar-refractivity contribution in [3.05, 3.63) is 83.4 Å². The van der Waals surface area contributed by atoms with Crippen LogP contribution in [0.4, 0.5) is 5.69 Å². The maximum absolute atomic E-state index is 13.6. The molecule has 3 aromatic carbocycles. The minimum atomic E-state index is -4.03. The first-order valence-corrected chi connectivity index (χ1v) is 12.3. The molecule has 34 heavy (non-hydrogen) atoms. The number of carbonyl (C=O) groups is 1. The molecule has 3 rings (SSSR count). The highest BCUT2D eigenvalue weighted by Gasteiger charge is 2.29. The van der Waals surface area contributed by atoms with Gasteiger partial charge in [-0.1, -0.05) is 35.9 Å². The van der Waals surface area contributed by atoms with Crippen molar-refractivity contribution in [1.82, 2.24) is 5.32 Å². The Balaban J connectivity index is 1.79. The summed E-state index contributed by atoms with van der Waals surface area (Å²) in [5.74, 6) is 0.617. The van der Waals surface area contributed by atoms with Gasteiger partial charge in [0.15, 0.2) is 0 Å². The molecule has 0 aliphatic carbocycles. The third-order valence-electron chi connectivity index (χ3n) is 5.18. The fourth-order valence-corrected chi connectivity index (χ4v) is 4.81. The number of carbonyl (C=O) groups excluding carboxylic acids is 1. The highest BCUT2D eigenvalue weighted by molar-refractivity contribution is 7.92. The van der Waals surface area contributed by atoms with Gasteiger partial charge in [-0.3, -0.25) is 9.10 Å². The van der Waals surface area contributed by atoms with Crippen molar-refractivity contribution in [2.24, 2.45) is 0 Å². The Morgan fingerprint density at radius 1 is 0.912 bits per heavy atom. The van der Waals surface area contributed by atoms with Crippen LogP contribution in [0.5, 0.6) is 11.5 Å². The van der Waals surface area contributed by atoms with Gasteiger partial charge in [0, 0.05) is 0 Å². The maximum atomic E-state index is 13.6. The summed E-state index contributed by atoms with van der Waals surface area (Å²) in [6.45, 7) is 5.79. The predicted octanol–water partition coefficient (Wildman–Crippen LogP) is 4.01. The van der Waals surface area contributed by atoms with Gasteiger partial charge in [0.2, 0.25) is 5.91 Å². The van der Waals surface area contributed by atoms with Gasteiger partial charge >= 0.3 is 0 Å². The summed E-state index contributed by atoms with van der Waals surface area (Å²) >= 11 is 0. The standard InChI is InChI=1S/C26H30N2O5S/c1-19-8-11-23(12-9-19)34(30,31)28(24-17-21(3)10-13-25(24)32-4)18-26(29)27-14-15-33-22-7-5-6-20(2)16-22/h5-13,16-17H,14-15,18H2,1-4H3,(H,27,29). The van der Waals surface area contributed by atoms with Gasteiger partial charge in [0.25, 0.3) is 10.0 Å². The molecule has 0 saturated carbocycles. The number of methoxy groups -OCH3 is 1. The van der Waals surface area contributed by atoms with Crippen molar-refractivity contribution in [3.8, 4) is 11.5 Å². The van der Waals surface area contributed by atoms with Gasteiger partial charge in [0.05, 0.1) is 24.2 Å². The van der Waals surface area contributed by atoms with Gasteiger partial charge in [-0.15, -0.1) is 0 Å². The lowest BCUT2D eigenvalue weighted by Gasteiger charge is -2.26. The first kappa shape index (κ1) is 25.1. The van der Waals surface area contributed by atoms with Gasteiger partial charge in [-0.25, -0.2) is 8.42 Å². The lowest BCUT2D eigenvalue weighted by Crippen LogP contribution is -2.42. The molecule has 0 aliphatic rings. The summed E-state index contributed by atoms with van der Waals surface area (Å²) in [5.41, 5.74) is 3.15. The molecule has 8 heteroatoms. The van der Waals surface area contributed by atoms with E-state index in [-0.39, 0.29) is 18.0 Å². The number of amides is 1. The quantitative estimate of drug-likeness (QED) is 0.442. The Hall–Kier alpha value is -3.52. The normalized spacial score (nSPS) is 11.1. The molecule has 3 aromatic rings. The first-order valence-electron chi connectivity index (χ1n) is 10.9. The molecule has 180 valence electrons. The minimum Gasteiger partial charge on any atom is -0.495 e. The number of nitrogens with zero attached hydrogens (tertiary/aromatic N) is 1. The zero-order valence-electron chi connectivity index (χ0n) is 19.9.